The van der Waals surface area contributed by atoms with Crippen LogP contribution in [0.25, 0.3) is 0 Å². The molecule has 2 fully saturated rings. The number of hydrogen-bond donors (Lipinski definition) is 3. The summed E-state index contributed by atoms with van der Waals surface area (Å²) >= 11 is 0. The molecule has 2 heterocycles. The van der Waals surface area contributed by atoms with Gasteiger partial charge in [-0.3, -0.25) is 4.79 Å². The van der Waals surface area contributed by atoms with E-state index in [1.165, 1.54) is 22.5 Å². The molecule has 3 N–H and O–H groups in total. The van der Waals surface area contributed by atoms with Crippen LogP contribution in [-0.2, 0) is 14.8 Å². The molecule has 2 aliphatic heterocycles. The fourth-order valence-electron chi connectivity index (χ4n) is 3.17. The molecule has 1 aromatic rings. The number of aromatic hydroxyl groups is 1. The summed E-state index contributed by atoms with van der Waals surface area (Å²) in [6.45, 7) is 2.60. The van der Waals surface area contributed by atoms with Crippen molar-refractivity contribution in [1.29, 1.82) is 0 Å². The molecule has 1 aromatic carbocycles. The third-order valence-corrected chi connectivity index (χ3v) is 6.53. The van der Waals surface area contributed by atoms with Crippen LogP contribution in [0.1, 0.15) is 25.7 Å². The Labute approximate surface area is 154 Å². The average molecular weight is 390 g/mol. The highest BCUT2D eigenvalue weighted by molar-refractivity contribution is 7.89. The maximum Gasteiger partial charge on any atom is 0.243 e. The van der Waals surface area contributed by atoms with Crippen molar-refractivity contribution in [1.82, 2.24) is 9.62 Å². The lowest BCUT2D eigenvalue weighted by Crippen LogP contribution is -2.34. The van der Waals surface area contributed by atoms with Gasteiger partial charge in [-0.05, 0) is 57.0 Å². The summed E-state index contributed by atoms with van der Waals surface area (Å²) in [5, 5.41) is 15.9. The highest BCUT2D eigenvalue weighted by Crippen LogP contribution is 2.30. The number of hydrogen-bond acceptors (Lipinski definition) is 5. The summed E-state index contributed by atoms with van der Waals surface area (Å²) in [5.41, 5.74) is 0.152. The monoisotopic (exact) mass is 389 g/mol. The number of nitrogens with zero attached hydrogens (tertiary/aromatic N) is 1. The lowest BCUT2D eigenvalue weighted by molar-refractivity contribution is -0.120. The summed E-state index contributed by atoms with van der Waals surface area (Å²) in [5.74, 6) is -0.426. The molecule has 7 nitrogen and oxygen atoms in total. The number of anilines is 1. The van der Waals surface area contributed by atoms with E-state index in [9.17, 15) is 18.3 Å². The molecule has 0 radical (unpaired) electrons. The van der Waals surface area contributed by atoms with Gasteiger partial charge in [0.2, 0.25) is 15.9 Å². The molecule has 0 saturated carbocycles. The molecule has 0 atom stereocenters. The zero-order valence-electron chi connectivity index (χ0n) is 13.9. The second-order valence-corrected chi connectivity index (χ2v) is 8.24. The van der Waals surface area contributed by atoms with Gasteiger partial charge in [-0.1, -0.05) is 0 Å². The molecule has 0 aromatic heterocycles. The first-order chi connectivity index (χ1) is 11.5. The van der Waals surface area contributed by atoms with Gasteiger partial charge < -0.3 is 15.7 Å². The van der Waals surface area contributed by atoms with E-state index in [1.807, 2.05) is 0 Å². The standard InChI is InChI=1S/C16H23N3O4S.ClH/c20-15-4-3-13(24(22,23)19-9-1-2-10-19)11-14(15)18-16(21)12-5-7-17-8-6-12;/h3-4,11-12,17,20H,1-2,5-10H2,(H,18,21);1H. The smallest absolute Gasteiger partial charge is 0.243 e. The molecule has 3 rings (SSSR count). The number of phenolic OH excluding ortho intramolecular Hbond substituents is 1. The Bertz CT molecular complexity index is 714. The number of carbonyl (C=O) groups is 1. The predicted molar refractivity (Wildman–Crippen MR) is 97.6 cm³/mol. The fraction of sp³-hybridized carbons (Fsp3) is 0.562. The SMILES string of the molecule is Cl.O=C(Nc1cc(S(=O)(=O)N2CCCC2)ccc1O)C1CCNCC1. The Hall–Kier alpha value is -1.35. The third-order valence-electron chi connectivity index (χ3n) is 4.64. The lowest BCUT2D eigenvalue weighted by atomic mass is 9.97. The second kappa shape index (κ2) is 8.35. The van der Waals surface area contributed by atoms with E-state index < -0.39 is 10.0 Å². The first kappa shape index (κ1) is 20.0. The maximum absolute atomic E-state index is 12.6. The summed E-state index contributed by atoms with van der Waals surface area (Å²) < 4.78 is 26.7. The molecule has 2 saturated heterocycles. The average Bonchev–Trinajstić information content (AvgIpc) is 3.13. The van der Waals surface area contributed by atoms with Gasteiger partial charge in [-0.25, -0.2) is 8.42 Å². The van der Waals surface area contributed by atoms with Crippen LogP contribution < -0.4 is 10.6 Å². The number of phenols is 1. The minimum atomic E-state index is -3.58. The van der Waals surface area contributed by atoms with E-state index in [0.29, 0.717) is 13.1 Å². The summed E-state index contributed by atoms with van der Waals surface area (Å²) in [7, 11) is -3.58. The van der Waals surface area contributed by atoms with Gasteiger partial charge in [0.25, 0.3) is 0 Å². The van der Waals surface area contributed by atoms with Crippen molar-refractivity contribution in [2.45, 2.75) is 30.6 Å². The van der Waals surface area contributed by atoms with Crippen molar-refractivity contribution in [3.63, 3.8) is 0 Å². The normalized spacial score (nSPS) is 19.4. The number of halogens is 1. The summed E-state index contributed by atoms with van der Waals surface area (Å²) in [6, 6.07) is 4.05. The maximum atomic E-state index is 12.6. The lowest BCUT2D eigenvalue weighted by Gasteiger charge is -2.22. The molecule has 0 aliphatic carbocycles. The first-order valence-electron chi connectivity index (χ1n) is 8.33. The second-order valence-electron chi connectivity index (χ2n) is 6.30. The number of sulfonamides is 1. The Morgan fingerprint density at radius 3 is 2.48 bits per heavy atom. The molecule has 1 amide bonds. The van der Waals surface area contributed by atoms with Crippen LogP contribution in [0.2, 0.25) is 0 Å². The van der Waals surface area contributed by atoms with Crippen LogP contribution >= 0.6 is 12.4 Å². The van der Waals surface area contributed by atoms with Gasteiger partial charge in [0, 0.05) is 19.0 Å². The Morgan fingerprint density at radius 2 is 1.84 bits per heavy atom. The molecule has 25 heavy (non-hydrogen) atoms. The molecule has 0 unspecified atom stereocenters. The van der Waals surface area contributed by atoms with Gasteiger partial charge in [-0.2, -0.15) is 4.31 Å². The van der Waals surface area contributed by atoms with E-state index in [2.05, 4.69) is 10.6 Å². The van der Waals surface area contributed by atoms with E-state index in [4.69, 9.17) is 0 Å². The van der Waals surface area contributed by atoms with Crippen LogP contribution in [0, 0.1) is 5.92 Å². The van der Waals surface area contributed by atoms with E-state index in [-0.39, 0.29) is 40.6 Å². The number of piperidine rings is 1. The Balaban J connectivity index is 0.00000225. The molecule has 9 heteroatoms. The van der Waals surface area contributed by atoms with Crippen molar-refractivity contribution >= 4 is 34.0 Å². The first-order valence-corrected chi connectivity index (χ1v) is 9.77. The van der Waals surface area contributed by atoms with Crippen molar-refractivity contribution in [2.75, 3.05) is 31.5 Å². The van der Waals surface area contributed by atoms with Crippen molar-refractivity contribution in [3.05, 3.63) is 18.2 Å². The largest absolute Gasteiger partial charge is 0.506 e. The van der Waals surface area contributed by atoms with Crippen molar-refractivity contribution in [2.24, 2.45) is 5.92 Å². The van der Waals surface area contributed by atoms with Gasteiger partial charge >= 0.3 is 0 Å². The zero-order chi connectivity index (χ0) is 17.2. The van der Waals surface area contributed by atoms with Gasteiger partial charge in [-0.15, -0.1) is 12.4 Å². The molecule has 2 aliphatic rings. The van der Waals surface area contributed by atoms with E-state index in [0.717, 1.165) is 38.8 Å². The van der Waals surface area contributed by atoms with E-state index in [1.54, 1.807) is 0 Å². The fourth-order valence-corrected chi connectivity index (χ4v) is 4.72. The number of carbonyl (C=O) groups excluding carboxylic acids is 1. The molecular formula is C16H24ClN3O4S. The summed E-state index contributed by atoms with van der Waals surface area (Å²) in [4.78, 5) is 12.4. The van der Waals surface area contributed by atoms with Crippen molar-refractivity contribution < 1.29 is 18.3 Å². The third kappa shape index (κ3) is 4.44. The van der Waals surface area contributed by atoms with Gasteiger partial charge in [0.1, 0.15) is 5.75 Å². The topological polar surface area (TPSA) is 98.7 Å². The van der Waals surface area contributed by atoms with Crippen LogP contribution in [0.4, 0.5) is 5.69 Å². The number of nitrogens with one attached hydrogen (secondary N) is 2. The number of benzene rings is 1. The predicted octanol–water partition coefficient (Wildman–Crippen LogP) is 1.54. The van der Waals surface area contributed by atoms with Crippen LogP contribution in [-0.4, -0.2) is 49.9 Å². The summed E-state index contributed by atoms with van der Waals surface area (Å²) in [6.07, 6.45) is 3.18. The minimum Gasteiger partial charge on any atom is -0.506 e. The Morgan fingerprint density at radius 1 is 1.20 bits per heavy atom. The van der Waals surface area contributed by atoms with Gasteiger partial charge in [0.15, 0.2) is 0 Å². The Kier molecular flexibility index (Phi) is 6.67. The zero-order valence-corrected chi connectivity index (χ0v) is 15.5. The van der Waals surface area contributed by atoms with Crippen LogP contribution in [0.15, 0.2) is 23.1 Å². The van der Waals surface area contributed by atoms with Crippen molar-refractivity contribution in [3.8, 4) is 5.75 Å². The van der Waals surface area contributed by atoms with Crippen LogP contribution in [0.3, 0.4) is 0 Å². The highest BCUT2D eigenvalue weighted by Gasteiger charge is 2.28. The molecule has 0 bridgehead atoms. The molecular weight excluding hydrogens is 366 g/mol. The number of rotatable bonds is 4. The molecule has 0 spiro atoms. The number of amides is 1. The van der Waals surface area contributed by atoms with Crippen LogP contribution in [0.5, 0.6) is 5.75 Å². The minimum absolute atomic E-state index is 0. The van der Waals surface area contributed by atoms with Gasteiger partial charge in [0.05, 0.1) is 10.6 Å². The van der Waals surface area contributed by atoms with E-state index >= 15 is 0 Å². The quantitative estimate of drug-likeness (QED) is 0.678. The molecule has 140 valence electrons. The highest BCUT2D eigenvalue weighted by atomic mass is 35.5.